The Morgan fingerprint density at radius 1 is 0.556 bits per heavy atom. The van der Waals surface area contributed by atoms with Gasteiger partial charge in [-0.2, -0.15) is 0 Å². The summed E-state index contributed by atoms with van der Waals surface area (Å²) in [6.45, 7) is 5.85. The molecule has 4 aliphatic rings. The van der Waals surface area contributed by atoms with Gasteiger partial charge < -0.3 is 9.80 Å². The Morgan fingerprint density at radius 3 is 1.81 bits per heavy atom. The zero-order valence-electron chi connectivity index (χ0n) is 16.9. The van der Waals surface area contributed by atoms with Crippen molar-refractivity contribution in [3.63, 3.8) is 0 Å². The molecule has 4 fully saturated rings. The van der Waals surface area contributed by atoms with Crippen molar-refractivity contribution in [2.45, 2.75) is 76.7 Å². The number of amides is 2. The van der Waals surface area contributed by atoms with Crippen LogP contribution in [0.3, 0.4) is 0 Å². The third-order valence-corrected chi connectivity index (χ3v) is 7.19. The van der Waals surface area contributed by atoms with Crippen molar-refractivity contribution < 1.29 is 9.59 Å². The number of hydrogen-bond donors (Lipinski definition) is 0. The maximum Gasteiger partial charge on any atom is 0.226 e. The minimum atomic E-state index is 0.198. The van der Waals surface area contributed by atoms with Crippen molar-refractivity contribution in [3.8, 4) is 0 Å². The zero-order chi connectivity index (χ0) is 18.6. The fraction of sp³-hybridized carbons (Fsp3) is 0.909. The Hall–Kier alpha value is -1.10. The van der Waals surface area contributed by atoms with Gasteiger partial charge in [0.05, 0.1) is 5.92 Å². The molecule has 1 atom stereocenters. The van der Waals surface area contributed by atoms with Gasteiger partial charge in [-0.3, -0.25) is 14.5 Å². The maximum absolute atomic E-state index is 13.1. The van der Waals surface area contributed by atoms with Crippen LogP contribution in [0.1, 0.15) is 70.6 Å². The van der Waals surface area contributed by atoms with Crippen LogP contribution < -0.4 is 0 Å². The summed E-state index contributed by atoms with van der Waals surface area (Å²) in [6, 6.07) is 0.566. The molecule has 152 valence electrons. The molecule has 0 aromatic carbocycles. The first kappa shape index (κ1) is 19.2. The van der Waals surface area contributed by atoms with Gasteiger partial charge in [0.1, 0.15) is 0 Å². The van der Waals surface area contributed by atoms with Crippen LogP contribution >= 0.6 is 0 Å². The molecule has 5 heteroatoms. The lowest BCUT2D eigenvalue weighted by Gasteiger charge is -2.43. The summed E-state index contributed by atoms with van der Waals surface area (Å²) in [5, 5.41) is 0. The summed E-state index contributed by atoms with van der Waals surface area (Å²) in [5.41, 5.74) is 0. The van der Waals surface area contributed by atoms with E-state index < -0.39 is 0 Å². The molecule has 3 aliphatic heterocycles. The van der Waals surface area contributed by atoms with E-state index in [1.54, 1.807) is 0 Å². The van der Waals surface area contributed by atoms with E-state index in [9.17, 15) is 9.59 Å². The van der Waals surface area contributed by atoms with Crippen LogP contribution in [0.2, 0.25) is 0 Å². The van der Waals surface area contributed by atoms with Crippen LogP contribution in [-0.2, 0) is 9.59 Å². The second-order valence-electron chi connectivity index (χ2n) is 9.26. The molecule has 3 heterocycles. The molecule has 0 N–H and O–H groups in total. The molecule has 5 nitrogen and oxygen atoms in total. The molecule has 1 saturated carbocycles. The lowest BCUT2D eigenvalue weighted by molar-refractivity contribution is -0.138. The van der Waals surface area contributed by atoms with Crippen molar-refractivity contribution in [1.29, 1.82) is 0 Å². The normalized spacial score (nSPS) is 29.3. The summed E-state index contributed by atoms with van der Waals surface area (Å²) >= 11 is 0. The third-order valence-electron chi connectivity index (χ3n) is 7.19. The first-order chi connectivity index (χ1) is 13.2. The van der Waals surface area contributed by atoms with Crippen molar-refractivity contribution in [2.24, 2.45) is 11.8 Å². The lowest BCUT2D eigenvalue weighted by atomic mass is 9.92. The molecule has 0 aromatic rings. The first-order valence-electron chi connectivity index (χ1n) is 11.5. The molecule has 0 aromatic heterocycles. The monoisotopic (exact) mass is 375 g/mol. The third kappa shape index (κ3) is 4.85. The van der Waals surface area contributed by atoms with E-state index in [1.165, 1.54) is 32.1 Å². The quantitative estimate of drug-likeness (QED) is 0.762. The molecular weight excluding hydrogens is 338 g/mol. The second-order valence-corrected chi connectivity index (χ2v) is 9.26. The van der Waals surface area contributed by atoms with Gasteiger partial charge in [-0.05, 0) is 57.9 Å². The fourth-order valence-corrected chi connectivity index (χ4v) is 5.31. The average molecular weight is 376 g/mol. The molecule has 0 spiro atoms. The van der Waals surface area contributed by atoms with Gasteiger partial charge in [0.15, 0.2) is 0 Å². The molecule has 0 bridgehead atoms. The predicted octanol–water partition coefficient (Wildman–Crippen LogP) is 2.89. The second kappa shape index (κ2) is 8.93. The highest BCUT2D eigenvalue weighted by Crippen LogP contribution is 2.33. The summed E-state index contributed by atoms with van der Waals surface area (Å²) in [4.78, 5) is 32.2. The number of carbonyl (C=O) groups is 2. The van der Waals surface area contributed by atoms with Crippen LogP contribution in [-0.4, -0.2) is 71.8 Å². The smallest absolute Gasteiger partial charge is 0.226 e. The van der Waals surface area contributed by atoms with Gasteiger partial charge in [0.25, 0.3) is 0 Å². The van der Waals surface area contributed by atoms with Crippen molar-refractivity contribution in [3.05, 3.63) is 0 Å². The number of piperidine rings is 2. The topological polar surface area (TPSA) is 43.9 Å². The Bertz CT molecular complexity index is 518. The minimum Gasteiger partial charge on any atom is -0.342 e. The standard InChI is InChI=1S/C22H37N3O2/c26-21(18-8-9-18)24-15-10-20(11-16-24)25-14-6-7-19(17-25)22(27)23-12-4-2-1-3-5-13-23/h18-20H,1-17H2. The highest BCUT2D eigenvalue weighted by Gasteiger charge is 2.37. The Balaban J connectivity index is 1.27. The van der Waals surface area contributed by atoms with Gasteiger partial charge >= 0.3 is 0 Å². The lowest BCUT2D eigenvalue weighted by Crippen LogP contribution is -2.52. The van der Waals surface area contributed by atoms with E-state index in [2.05, 4.69) is 14.7 Å². The van der Waals surface area contributed by atoms with Gasteiger partial charge in [0, 0.05) is 44.7 Å². The Morgan fingerprint density at radius 2 is 1.15 bits per heavy atom. The number of hydrogen-bond acceptors (Lipinski definition) is 3. The Kier molecular flexibility index (Phi) is 6.36. The molecule has 2 amide bonds. The van der Waals surface area contributed by atoms with Crippen molar-refractivity contribution >= 4 is 11.8 Å². The van der Waals surface area contributed by atoms with E-state index in [1.807, 2.05) is 0 Å². The molecule has 4 rings (SSSR count). The van der Waals surface area contributed by atoms with Crippen molar-refractivity contribution in [2.75, 3.05) is 39.3 Å². The summed E-state index contributed by atoms with van der Waals surface area (Å²) in [5.74, 6) is 1.36. The molecule has 1 aliphatic carbocycles. The number of rotatable bonds is 3. The molecular formula is C22H37N3O2. The Labute approximate surface area is 164 Å². The van der Waals surface area contributed by atoms with Gasteiger partial charge in [-0.1, -0.05) is 19.3 Å². The number of carbonyl (C=O) groups excluding carboxylic acids is 2. The molecule has 1 unspecified atom stereocenters. The zero-order valence-corrected chi connectivity index (χ0v) is 16.9. The van der Waals surface area contributed by atoms with Crippen LogP contribution in [0.5, 0.6) is 0 Å². The van der Waals surface area contributed by atoms with E-state index in [0.717, 1.165) is 77.8 Å². The molecule has 3 saturated heterocycles. The SMILES string of the molecule is O=C(C1CC1)N1CCC(N2CCCC(C(=O)N3CCCCCCC3)C2)CC1. The van der Waals surface area contributed by atoms with Crippen molar-refractivity contribution in [1.82, 2.24) is 14.7 Å². The number of nitrogens with zero attached hydrogens (tertiary/aromatic N) is 3. The highest BCUT2D eigenvalue weighted by molar-refractivity contribution is 5.81. The van der Waals surface area contributed by atoms with E-state index >= 15 is 0 Å². The van der Waals surface area contributed by atoms with Crippen LogP contribution in [0.4, 0.5) is 0 Å². The van der Waals surface area contributed by atoms with Crippen LogP contribution in [0, 0.1) is 11.8 Å². The fourth-order valence-electron chi connectivity index (χ4n) is 5.31. The summed E-state index contributed by atoms with van der Waals surface area (Å²) in [7, 11) is 0. The first-order valence-corrected chi connectivity index (χ1v) is 11.5. The average Bonchev–Trinajstić information content (AvgIpc) is 3.52. The maximum atomic E-state index is 13.1. The summed E-state index contributed by atoms with van der Waals surface area (Å²) < 4.78 is 0. The van der Waals surface area contributed by atoms with Gasteiger partial charge in [-0.15, -0.1) is 0 Å². The number of likely N-dealkylation sites (tertiary alicyclic amines) is 3. The van der Waals surface area contributed by atoms with Crippen LogP contribution in [0.15, 0.2) is 0 Å². The molecule has 27 heavy (non-hydrogen) atoms. The van der Waals surface area contributed by atoms with E-state index in [4.69, 9.17) is 0 Å². The van der Waals surface area contributed by atoms with Gasteiger partial charge in [-0.25, -0.2) is 0 Å². The predicted molar refractivity (Wildman–Crippen MR) is 106 cm³/mol. The minimum absolute atomic E-state index is 0.198. The summed E-state index contributed by atoms with van der Waals surface area (Å²) in [6.07, 6.45) is 12.8. The van der Waals surface area contributed by atoms with Gasteiger partial charge in [0.2, 0.25) is 11.8 Å². The van der Waals surface area contributed by atoms with Crippen LogP contribution in [0.25, 0.3) is 0 Å². The largest absolute Gasteiger partial charge is 0.342 e. The highest BCUT2D eigenvalue weighted by atomic mass is 16.2. The van der Waals surface area contributed by atoms with E-state index in [0.29, 0.717) is 23.8 Å². The van der Waals surface area contributed by atoms with E-state index in [-0.39, 0.29) is 5.92 Å². The molecule has 0 radical (unpaired) electrons.